The van der Waals surface area contributed by atoms with Crippen molar-refractivity contribution in [2.75, 3.05) is 6.61 Å². The van der Waals surface area contributed by atoms with Gasteiger partial charge >= 0.3 is 5.97 Å². The maximum Gasteiger partial charge on any atom is 0.355 e. The fourth-order valence-electron chi connectivity index (χ4n) is 3.17. The van der Waals surface area contributed by atoms with Crippen LogP contribution in [-0.2, 0) is 18.3 Å². The number of rotatable bonds is 4. The number of pyridine rings is 1. The molecule has 126 valence electrons. The number of esters is 1. The monoisotopic (exact) mass is 333 g/mol. The smallest absolute Gasteiger partial charge is 0.355 e. The van der Waals surface area contributed by atoms with E-state index in [4.69, 9.17) is 9.72 Å². The summed E-state index contributed by atoms with van der Waals surface area (Å²) in [7, 11) is 1.97. The third kappa shape index (κ3) is 2.67. The van der Waals surface area contributed by atoms with Crippen molar-refractivity contribution in [2.45, 2.75) is 13.5 Å². The van der Waals surface area contributed by atoms with Crippen LogP contribution in [0.25, 0.3) is 21.9 Å². The molecule has 0 aliphatic carbocycles. The highest BCUT2D eigenvalue weighted by Gasteiger charge is 2.19. The number of fused-ring (bicyclic) bond motifs is 2. The summed E-state index contributed by atoms with van der Waals surface area (Å²) in [4.78, 5) is 17.1. The van der Waals surface area contributed by atoms with Gasteiger partial charge in [-0.2, -0.15) is 0 Å². The van der Waals surface area contributed by atoms with Crippen LogP contribution in [0.1, 0.15) is 23.1 Å². The number of aryl methyl sites for hydroxylation is 1. The highest BCUT2D eigenvalue weighted by Crippen LogP contribution is 2.23. The van der Waals surface area contributed by atoms with Gasteiger partial charge in [0.1, 0.15) is 5.69 Å². The first kappa shape index (κ1) is 15.4. The number of carbonyl (C=O) groups excluding carboxylic acids is 1. The number of ether oxygens (including phenoxy) is 1. The Morgan fingerprint density at radius 3 is 2.80 bits per heavy atom. The summed E-state index contributed by atoms with van der Waals surface area (Å²) >= 11 is 0. The lowest BCUT2D eigenvalue weighted by molar-refractivity contribution is 0.0515. The molecule has 0 aliphatic heterocycles. The summed E-state index contributed by atoms with van der Waals surface area (Å²) in [6.45, 7) is 2.69. The third-order valence-electron chi connectivity index (χ3n) is 4.41. The molecule has 0 fully saturated rings. The Morgan fingerprint density at radius 1 is 1.12 bits per heavy atom. The van der Waals surface area contributed by atoms with Crippen molar-refractivity contribution in [3.63, 3.8) is 0 Å². The maximum absolute atomic E-state index is 12.4. The molecule has 0 amide bonds. The van der Waals surface area contributed by atoms with E-state index >= 15 is 0 Å². The largest absolute Gasteiger partial charge is 0.461 e. The van der Waals surface area contributed by atoms with Gasteiger partial charge < -0.3 is 13.9 Å². The van der Waals surface area contributed by atoms with E-state index in [0.29, 0.717) is 18.8 Å². The van der Waals surface area contributed by atoms with Gasteiger partial charge in [0.2, 0.25) is 0 Å². The van der Waals surface area contributed by atoms with Gasteiger partial charge in [-0.25, -0.2) is 4.79 Å². The Morgan fingerprint density at radius 2 is 1.96 bits per heavy atom. The summed E-state index contributed by atoms with van der Waals surface area (Å²) in [5, 5.41) is 1.11. The molecule has 0 atom stereocenters. The van der Waals surface area contributed by atoms with Crippen LogP contribution in [0.5, 0.6) is 0 Å². The van der Waals surface area contributed by atoms with Crippen LogP contribution in [0.2, 0.25) is 0 Å². The standard InChI is InChI=1S/C20H19N3O2/c1-3-25-20(24)19-12-18-17(10-11-22(18)2)23(19)13-15-9-8-14-6-4-5-7-16(14)21-15/h4-12H,3,13H2,1-2H3. The highest BCUT2D eigenvalue weighted by atomic mass is 16.5. The van der Waals surface area contributed by atoms with Crippen molar-refractivity contribution >= 4 is 27.9 Å². The van der Waals surface area contributed by atoms with Crippen LogP contribution in [0.15, 0.2) is 54.7 Å². The van der Waals surface area contributed by atoms with Crippen molar-refractivity contribution in [2.24, 2.45) is 7.05 Å². The fraction of sp³-hybridized carbons (Fsp3) is 0.200. The molecule has 25 heavy (non-hydrogen) atoms. The van der Waals surface area contributed by atoms with E-state index < -0.39 is 0 Å². The van der Waals surface area contributed by atoms with Crippen LogP contribution in [0.4, 0.5) is 0 Å². The minimum absolute atomic E-state index is 0.306. The Hall–Kier alpha value is -3.08. The predicted octanol–water partition coefficient (Wildman–Crippen LogP) is 3.75. The molecule has 5 heteroatoms. The molecule has 0 spiro atoms. The molecule has 4 aromatic rings. The van der Waals surface area contributed by atoms with E-state index in [1.807, 2.05) is 71.8 Å². The molecule has 0 saturated carbocycles. The average molecular weight is 333 g/mol. The Balaban J connectivity index is 1.80. The number of aromatic nitrogens is 3. The molecule has 5 nitrogen and oxygen atoms in total. The van der Waals surface area contributed by atoms with Gasteiger partial charge in [-0.15, -0.1) is 0 Å². The normalized spacial score (nSPS) is 11.3. The molecule has 0 aliphatic rings. The Kier molecular flexibility index (Phi) is 3.76. The number of nitrogens with zero attached hydrogens (tertiary/aromatic N) is 3. The summed E-state index contributed by atoms with van der Waals surface area (Å²) < 4.78 is 9.20. The SMILES string of the molecule is CCOC(=O)c1cc2c(ccn2C)n1Cc1ccc2ccccc2n1. The lowest BCUT2D eigenvalue weighted by Crippen LogP contribution is -2.13. The van der Waals surface area contributed by atoms with Crippen LogP contribution in [0.3, 0.4) is 0 Å². The van der Waals surface area contributed by atoms with Gasteiger partial charge in [0.25, 0.3) is 0 Å². The second kappa shape index (κ2) is 6.09. The third-order valence-corrected chi connectivity index (χ3v) is 4.41. The van der Waals surface area contributed by atoms with Crippen LogP contribution in [0, 0.1) is 0 Å². The summed E-state index contributed by atoms with van der Waals surface area (Å²) in [5.74, 6) is -0.306. The zero-order chi connectivity index (χ0) is 17.4. The summed E-state index contributed by atoms with van der Waals surface area (Å²) in [5.41, 5.74) is 4.42. The summed E-state index contributed by atoms with van der Waals surface area (Å²) in [6, 6.07) is 16.0. The first-order valence-corrected chi connectivity index (χ1v) is 8.33. The molecule has 0 radical (unpaired) electrons. The zero-order valence-electron chi connectivity index (χ0n) is 14.3. The minimum atomic E-state index is -0.306. The molecule has 0 bridgehead atoms. The highest BCUT2D eigenvalue weighted by molar-refractivity contribution is 5.95. The Labute approximate surface area is 145 Å². The number of hydrogen-bond donors (Lipinski definition) is 0. The summed E-state index contributed by atoms with van der Waals surface area (Å²) in [6.07, 6.45) is 1.99. The van der Waals surface area contributed by atoms with Gasteiger partial charge in [0, 0.05) is 18.6 Å². The van der Waals surface area contributed by atoms with Crippen LogP contribution in [-0.4, -0.2) is 26.7 Å². The average Bonchev–Trinajstić information content (AvgIpc) is 3.16. The Bertz CT molecular complexity index is 1080. The molecular weight excluding hydrogens is 314 g/mol. The van der Waals surface area contributed by atoms with Gasteiger partial charge in [-0.05, 0) is 31.2 Å². The van der Waals surface area contributed by atoms with Gasteiger partial charge in [0.15, 0.2) is 0 Å². The van der Waals surface area contributed by atoms with Gasteiger partial charge in [-0.1, -0.05) is 24.3 Å². The number of carbonyl (C=O) groups is 1. The molecule has 0 N–H and O–H groups in total. The van der Waals surface area contributed by atoms with E-state index in [1.165, 1.54) is 0 Å². The van der Waals surface area contributed by atoms with Crippen molar-refractivity contribution in [3.05, 3.63) is 66.1 Å². The van der Waals surface area contributed by atoms with Crippen molar-refractivity contribution < 1.29 is 9.53 Å². The van der Waals surface area contributed by atoms with E-state index in [2.05, 4.69) is 6.07 Å². The first-order valence-electron chi connectivity index (χ1n) is 8.33. The van der Waals surface area contributed by atoms with Crippen molar-refractivity contribution in [1.82, 2.24) is 14.1 Å². The van der Waals surface area contributed by atoms with Crippen LogP contribution >= 0.6 is 0 Å². The second-order valence-corrected chi connectivity index (χ2v) is 6.03. The minimum Gasteiger partial charge on any atom is -0.461 e. The number of benzene rings is 1. The molecule has 0 saturated heterocycles. The quantitative estimate of drug-likeness (QED) is 0.534. The lowest BCUT2D eigenvalue weighted by atomic mass is 10.2. The van der Waals surface area contributed by atoms with Crippen molar-refractivity contribution in [1.29, 1.82) is 0 Å². The fourth-order valence-corrected chi connectivity index (χ4v) is 3.17. The first-order chi connectivity index (χ1) is 12.2. The molecule has 0 unspecified atom stereocenters. The molecule has 3 aromatic heterocycles. The zero-order valence-corrected chi connectivity index (χ0v) is 14.3. The predicted molar refractivity (Wildman–Crippen MR) is 97.7 cm³/mol. The van der Waals surface area contributed by atoms with Gasteiger partial charge in [0.05, 0.1) is 35.4 Å². The maximum atomic E-state index is 12.4. The van der Waals surface area contributed by atoms with E-state index in [9.17, 15) is 4.79 Å². The van der Waals surface area contributed by atoms with Crippen molar-refractivity contribution in [3.8, 4) is 0 Å². The second-order valence-electron chi connectivity index (χ2n) is 6.03. The molecular formula is C20H19N3O2. The topological polar surface area (TPSA) is 49.0 Å². The van der Waals surface area contributed by atoms with E-state index in [0.717, 1.165) is 27.6 Å². The van der Waals surface area contributed by atoms with Crippen LogP contribution < -0.4 is 0 Å². The molecule has 3 heterocycles. The van der Waals surface area contributed by atoms with E-state index in [1.54, 1.807) is 0 Å². The molecule has 1 aromatic carbocycles. The number of para-hydroxylation sites is 1. The lowest BCUT2D eigenvalue weighted by Gasteiger charge is -2.10. The van der Waals surface area contributed by atoms with E-state index in [-0.39, 0.29) is 5.97 Å². The molecule has 4 rings (SSSR count). The van der Waals surface area contributed by atoms with Gasteiger partial charge in [-0.3, -0.25) is 4.98 Å². The number of hydrogen-bond acceptors (Lipinski definition) is 3.